The minimum atomic E-state index is -0.264. The summed E-state index contributed by atoms with van der Waals surface area (Å²) >= 11 is 0. The molecule has 0 aromatic heterocycles. The molecule has 0 fully saturated rings. The van der Waals surface area contributed by atoms with Crippen LogP contribution in [-0.2, 0) is 0 Å². The molecule has 2 unspecified atom stereocenters. The molecule has 3 nitrogen and oxygen atoms in total. The summed E-state index contributed by atoms with van der Waals surface area (Å²) in [4.78, 5) is 0. The van der Waals surface area contributed by atoms with Gasteiger partial charge < -0.3 is 15.5 Å². The van der Waals surface area contributed by atoms with Crippen molar-refractivity contribution < 1.29 is 10.2 Å². The molecule has 0 rings (SSSR count). The minimum absolute atomic E-state index is 0.264. The summed E-state index contributed by atoms with van der Waals surface area (Å²) in [5, 5.41) is 20.8. The van der Waals surface area contributed by atoms with Crippen LogP contribution in [0, 0.1) is 5.92 Å². The van der Waals surface area contributed by atoms with Crippen molar-refractivity contribution in [2.24, 2.45) is 5.92 Å². The first kappa shape index (κ1) is 11.9. The second-order valence-corrected chi connectivity index (χ2v) is 3.48. The highest BCUT2D eigenvalue weighted by molar-refractivity contribution is 4.55. The van der Waals surface area contributed by atoms with Crippen LogP contribution in [0.1, 0.15) is 26.7 Å². The predicted molar refractivity (Wildman–Crippen MR) is 50.0 cm³/mol. The Bertz CT molecular complexity index is 96.5. The molecule has 3 N–H and O–H groups in total. The molecule has 0 saturated heterocycles. The summed E-state index contributed by atoms with van der Waals surface area (Å²) in [5.74, 6) is 0.401. The molecule has 12 heavy (non-hydrogen) atoms. The molecule has 3 heteroatoms. The Morgan fingerprint density at radius 3 is 2.50 bits per heavy atom. The summed E-state index contributed by atoms with van der Waals surface area (Å²) < 4.78 is 0. The van der Waals surface area contributed by atoms with Crippen molar-refractivity contribution in [3.8, 4) is 0 Å². The fourth-order valence-electron chi connectivity index (χ4n) is 0.978. The van der Waals surface area contributed by atoms with Gasteiger partial charge in [-0.1, -0.05) is 6.92 Å². The Hall–Kier alpha value is -0.120. The van der Waals surface area contributed by atoms with Crippen molar-refractivity contribution in [2.75, 3.05) is 19.7 Å². The molecule has 0 saturated carbocycles. The van der Waals surface area contributed by atoms with Crippen molar-refractivity contribution >= 4 is 0 Å². The smallest absolute Gasteiger partial charge is 0.0636 e. The molecular formula is C9H21NO2. The topological polar surface area (TPSA) is 52.5 Å². The van der Waals surface area contributed by atoms with E-state index in [0.29, 0.717) is 12.5 Å². The number of hydrogen-bond acceptors (Lipinski definition) is 3. The van der Waals surface area contributed by atoms with Gasteiger partial charge in [0.1, 0.15) is 0 Å². The summed E-state index contributed by atoms with van der Waals surface area (Å²) in [7, 11) is 0. The lowest BCUT2D eigenvalue weighted by Crippen LogP contribution is -2.25. The standard InChI is InChI=1S/C9H21NO2/c1-8(7-11)4-3-5-10-6-9(2)12/h8-12H,3-7H2,1-2H3. The van der Waals surface area contributed by atoms with E-state index in [1.165, 1.54) is 0 Å². The Morgan fingerprint density at radius 1 is 1.33 bits per heavy atom. The SMILES string of the molecule is CC(O)CNCCCC(C)CO. The Balaban J connectivity index is 3.00. The molecular weight excluding hydrogens is 154 g/mol. The quantitative estimate of drug-likeness (QED) is 0.490. The monoisotopic (exact) mass is 175 g/mol. The normalized spacial score (nSPS) is 16.0. The Labute approximate surface area is 74.8 Å². The zero-order chi connectivity index (χ0) is 9.40. The van der Waals surface area contributed by atoms with Gasteiger partial charge in [0, 0.05) is 13.2 Å². The summed E-state index contributed by atoms with van der Waals surface area (Å²) in [6.07, 6.45) is 1.85. The van der Waals surface area contributed by atoms with Gasteiger partial charge in [-0.05, 0) is 32.2 Å². The van der Waals surface area contributed by atoms with Gasteiger partial charge in [0.15, 0.2) is 0 Å². The minimum Gasteiger partial charge on any atom is -0.396 e. The first-order chi connectivity index (χ1) is 5.66. The Kier molecular flexibility index (Phi) is 7.45. The number of rotatable bonds is 7. The molecule has 0 heterocycles. The molecule has 0 bridgehead atoms. The van der Waals surface area contributed by atoms with E-state index in [4.69, 9.17) is 10.2 Å². The number of hydrogen-bond donors (Lipinski definition) is 3. The maximum atomic E-state index is 8.90. The number of nitrogens with one attached hydrogen (secondary N) is 1. The van der Waals surface area contributed by atoms with Gasteiger partial charge in [0.05, 0.1) is 6.10 Å². The lowest BCUT2D eigenvalue weighted by Gasteiger charge is -2.09. The van der Waals surface area contributed by atoms with Crippen LogP contribution in [0.5, 0.6) is 0 Å². The van der Waals surface area contributed by atoms with Gasteiger partial charge in [0.25, 0.3) is 0 Å². The van der Waals surface area contributed by atoms with Crippen molar-refractivity contribution in [3.05, 3.63) is 0 Å². The molecule has 0 aliphatic rings. The molecule has 0 radical (unpaired) electrons. The summed E-state index contributed by atoms with van der Waals surface area (Å²) in [5.41, 5.74) is 0. The number of aliphatic hydroxyl groups excluding tert-OH is 2. The van der Waals surface area contributed by atoms with Crippen molar-refractivity contribution in [1.82, 2.24) is 5.32 Å². The van der Waals surface area contributed by atoms with E-state index in [-0.39, 0.29) is 12.7 Å². The summed E-state index contributed by atoms with van der Waals surface area (Å²) in [6, 6.07) is 0. The fraction of sp³-hybridized carbons (Fsp3) is 1.00. The maximum Gasteiger partial charge on any atom is 0.0636 e. The van der Waals surface area contributed by atoms with E-state index >= 15 is 0 Å². The van der Waals surface area contributed by atoms with Crippen molar-refractivity contribution in [1.29, 1.82) is 0 Å². The molecule has 74 valence electrons. The summed E-state index contributed by atoms with van der Waals surface area (Å²) in [6.45, 7) is 5.66. The predicted octanol–water partition coefficient (Wildman–Crippen LogP) is 0.365. The first-order valence-electron chi connectivity index (χ1n) is 4.66. The zero-order valence-electron chi connectivity index (χ0n) is 8.08. The third-order valence-corrected chi connectivity index (χ3v) is 1.80. The van der Waals surface area contributed by atoms with Gasteiger partial charge in [-0.2, -0.15) is 0 Å². The van der Waals surface area contributed by atoms with Crippen LogP contribution in [-0.4, -0.2) is 36.0 Å². The van der Waals surface area contributed by atoms with Crippen molar-refractivity contribution in [2.45, 2.75) is 32.8 Å². The van der Waals surface area contributed by atoms with Gasteiger partial charge in [-0.15, -0.1) is 0 Å². The van der Waals surface area contributed by atoms with Crippen LogP contribution in [0.15, 0.2) is 0 Å². The number of aliphatic hydroxyl groups is 2. The lowest BCUT2D eigenvalue weighted by atomic mass is 10.1. The van der Waals surface area contributed by atoms with Crippen LogP contribution in [0.4, 0.5) is 0 Å². The molecule has 0 aliphatic carbocycles. The molecule has 2 atom stereocenters. The van der Waals surface area contributed by atoms with E-state index in [1.54, 1.807) is 6.92 Å². The van der Waals surface area contributed by atoms with E-state index in [9.17, 15) is 0 Å². The van der Waals surface area contributed by atoms with E-state index < -0.39 is 0 Å². The second kappa shape index (κ2) is 7.53. The van der Waals surface area contributed by atoms with Crippen LogP contribution < -0.4 is 5.32 Å². The average Bonchev–Trinajstić information content (AvgIpc) is 2.03. The molecule has 0 aromatic rings. The molecule has 0 aromatic carbocycles. The fourth-order valence-corrected chi connectivity index (χ4v) is 0.978. The van der Waals surface area contributed by atoms with E-state index in [2.05, 4.69) is 5.32 Å². The molecule has 0 spiro atoms. The first-order valence-corrected chi connectivity index (χ1v) is 4.66. The van der Waals surface area contributed by atoms with Gasteiger partial charge in [-0.25, -0.2) is 0 Å². The highest BCUT2D eigenvalue weighted by atomic mass is 16.3. The third-order valence-electron chi connectivity index (χ3n) is 1.80. The van der Waals surface area contributed by atoms with Crippen LogP contribution in [0.2, 0.25) is 0 Å². The molecule has 0 aliphatic heterocycles. The zero-order valence-corrected chi connectivity index (χ0v) is 8.08. The molecule has 0 amide bonds. The average molecular weight is 175 g/mol. The van der Waals surface area contributed by atoms with E-state index in [1.807, 2.05) is 6.92 Å². The highest BCUT2D eigenvalue weighted by Crippen LogP contribution is 2.02. The van der Waals surface area contributed by atoms with Gasteiger partial charge >= 0.3 is 0 Å². The lowest BCUT2D eigenvalue weighted by molar-refractivity contribution is 0.190. The largest absolute Gasteiger partial charge is 0.396 e. The van der Waals surface area contributed by atoms with E-state index in [0.717, 1.165) is 19.4 Å². The third kappa shape index (κ3) is 7.98. The Morgan fingerprint density at radius 2 is 2.00 bits per heavy atom. The second-order valence-electron chi connectivity index (χ2n) is 3.48. The van der Waals surface area contributed by atoms with Gasteiger partial charge in [0.2, 0.25) is 0 Å². The highest BCUT2D eigenvalue weighted by Gasteiger charge is 1.99. The van der Waals surface area contributed by atoms with Crippen LogP contribution >= 0.6 is 0 Å². The van der Waals surface area contributed by atoms with Crippen molar-refractivity contribution in [3.63, 3.8) is 0 Å². The van der Waals surface area contributed by atoms with Crippen LogP contribution in [0.3, 0.4) is 0 Å². The maximum absolute atomic E-state index is 8.90. The van der Waals surface area contributed by atoms with Crippen LogP contribution in [0.25, 0.3) is 0 Å². The van der Waals surface area contributed by atoms with Gasteiger partial charge in [-0.3, -0.25) is 0 Å².